The molecule has 0 aliphatic carbocycles. The molecule has 0 saturated heterocycles. The monoisotopic (exact) mass is 320 g/mol. The molecule has 2 aromatic rings. The number of carbonyl (C=O) groups excluding carboxylic acids is 1. The van der Waals surface area contributed by atoms with Crippen molar-refractivity contribution in [2.45, 2.75) is 30.7 Å². The lowest BCUT2D eigenvalue weighted by Crippen LogP contribution is -2.30. The van der Waals surface area contributed by atoms with Gasteiger partial charge in [-0.2, -0.15) is 0 Å². The molecule has 0 bridgehead atoms. The maximum Gasteiger partial charge on any atom is 0.254 e. The average molecular weight is 321 g/mol. The first-order valence-electron chi connectivity index (χ1n) is 6.70. The zero-order valence-corrected chi connectivity index (χ0v) is 13.5. The van der Waals surface area contributed by atoms with Gasteiger partial charge < -0.3 is 5.32 Å². The van der Waals surface area contributed by atoms with E-state index in [9.17, 15) is 4.79 Å². The summed E-state index contributed by atoms with van der Waals surface area (Å²) in [5.41, 5.74) is 1.63. The zero-order valence-electron chi connectivity index (χ0n) is 12.0. The third-order valence-corrected chi connectivity index (χ3v) is 4.18. The van der Waals surface area contributed by atoms with Crippen LogP contribution in [0.2, 0.25) is 5.02 Å². The van der Waals surface area contributed by atoms with Crippen LogP contribution in [0, 0.1) is 0 Å². The van der Waals surface area contributed by atoms with Gasteiger partial charge in [0.15, 0.2) is 0 Å². The highest BCUT2D eigenvalue weighted by Gasteiger charge is 2.13. The van der Waals surface area contributed by atoms with Crippen LogP contribution >= 0.6 is 23.4 Å². The molecular weight excluding hydrogens is 304 g/mol. The summed E-state index contributed by atoms with van der Waals surface area (Å²) in [7, 11) is 0. The van der Waals surface area contributed by atoms with Crippen molar-refractivity contribution >= 4 is 29.3 Å². The van der Waals surface area contributed by atoms with Gasteiger partial charge in [-0.1, -0.05) is 29.8 Å². The fourth-order valence-electron chi connectivity index (χ4n) is 1.78. The third kappa shape index (κ3) is 4.48. The molecule has 3 nitrogen and oxygen atoms in total. The lowest BCUT2D eigenvalue weighted by Gasteiger charge is -2.11. The Kier molecular flexibility index (Phi) is 5.65. The molecule has 0 spiro atoms. The number of nitrogens with zero attached hydrogens (tertiary/aromatic N) is 1. The predicted octanol–water partition coefficient (Wildman–Crippen LogP) is 4.17. The molecule has 0 saturated carbocycles. The zero-order chi connectivity index (χ0) is 15.2. The van der Waals surface area contributed by atoms with Crippen LogP contribution in [0.15, 0.2) is 47.6 Å². The first-order chi connectivity index (χ1) is 10.1. The topological polar surface area (TPSA) is 42.0 Å². The van der Waals surface area contributed by atoms with Gasteiger partial charge in [-0.25, -0.2) is 4.98 Å². The highest BCUT2D eigenvalue weighted by atomic mass is 35.5. The lowest BCUT2D eigenvalue weighted by molar-refractivity contribution is 0.0939. The molecule has 0 radical (unpaired) electrons. The number of aromatic nitrogens is 1. The standard InChI is InChI=1S/C16H17ClN2OS/c1-11(2)19-15(20)13-7-5-9-18-16(13)21-10-12-6-3-4-8-14(12)17/h3-9,11H,10H2,1-2H3,(H,19,20). The molecule has 0 unspecified atom stereocenters. The van der Waals surface area contributed by atoms with Crippen LogP contribution in [0.5, 0.6) is 0 Å². The maximum atomic E-state index is 12.2. The molecule has 1 N–H and O–H groups in total. The van der Waals surface area contributed by atoms with Crippen molar-refractivity contribution in [2.24, 2.45) is 0 Å². The van der Waals surface area contributed by atoms with Gasteiger partial charge in [0.05, 0.1) is 5.56 Å². The Morgan fingerprint density at radius 3 is 2.76 bits per heavy atom. The largest absolute Gasteiger partial charge is 0.350 e. The van der Waals surface area contributed by atoms with Crippen LogP contribution in [0.1, 0.15) is 29.8 Å². The molecular formula is C16H17ClN2OS. The minimum atomic E-state index is -0.0974. The van der Waals surface area contributed by atoms with E-state index in [-0.39, 0.29) is 11.9 Å². The van der Waals surface area contributed by atoms with E-state index in [4.69, 9.17) is 11.6 Å². The number of hydrogen-bond acceptors (Lipinski definition) is 3. The normalized spacial score (nSPS) is 10.7. The summed E-state index contributed by atoms with van der Waals surface area (Å²) < 4.78 is 0. The van der Waals surface area contributed by atoms with Crippen molar-refractivity contribution < 1.29 is 4.79 Å². The summed E-state index contributed by atoms with van der Waals surface area (Å²) >= 11 is 7.66. The Bertz CT molecular complexity index is 631. The average Bonchev–Trinajstić information content (AvgIpc) is 2.46. The lowest BCUT2D eigenvalue weighted by atomic mass is 10.2. The van der Waals surface area contributed by atoms with Gasteiger partial charge in [0.1, 0.15) is 5.03 Å². The van der Waals surface area contributed by atoms with Crippen LogP contribution in [-0.2, 0) is 5.75 Å². The number of hydrogen-bond donors (Lipinski definition) is 1. The second kappa shape index (κ2) is 7.48. The van der Waals surface area contributed by atoms with Crippen LogP contribution in [0.3, 0.4) is 0 Å². The Balaban J connectivity index is 2.14. The maximum absolute atomic E-state index is 12.2. The molecule has 1 aromatic carbocycles. The number of rotatable bonds is 5. The Morgan fingerprint density at radius 1 is 1.29 bits per heavy atom. The van der Waals surface area contributed by atoms with Crippen molar-refractivity contribution in [3.63, 3.8) is 0 Å². The second-order valence-corrected chi connectivity index (χ2v) is 6.24. The quantitative estimate of drug-likeness (QED) is 0.841. The molecule has 110 valence electrons. The minimum Gasteiger partial charge on any atom is -0.350 e. The fraction of sp³-hybridized carbons (Fsp3) is 0.250. The Hall–Kier alpha value is -1.52. The second-order valence-electron chi connectivity index (χ2n) is 4.86. The SMILES string of the molecule is CC(C)NC(=O)c1cccnc1SCc1ccccc1Cl. The summed E-state index contributed by atoms with van der Waals surface area (Å²) in [4.78, 5) is 16.5. The molecule has 5 heteroatoms. The smallest absolute Gasteiger partial charge is 0.254 e. The number of nitrogens with one attached hydrogen (secondary N) is 1. The van der Waals surface area contributed by atoms with E-state index in [1.807, 2.05) is 38.1 Å². The number of carbonyl (C=O) groups is 1. The Labute approximate surface area is 134 Å². The molecule has 0 atom stereocenters. The molecule has 1 amide bonds. The summed E-state index contributed by atoms with van der Waals surface area (Å²) in [5.74, 6) is 0.582. The first-order valence-corrected chi connectivity index (χ1v) is 8.06. The number of halogens is 1. The minimum absolute atomic E-state index is 0.0964. The summed E-state index contributed by atoms with van der Waals surface area (Å²) in [6.45, 7) is 3.87. The fourth-order valence-corrected chi connectivity index (χ4v) is 3.06. The van der Waals surface area contributed by atoms with Gasteiger partial charge in [0.25, 0.3) is 5.91 Å². The van der Waals surface area contributed by atoms with Crippen molar-refractivity contribution in [3.8, 4) is 0 Å². The van der Waals surface area contributed by atoms with Crippen LogP contribution in [-0.4, -0.2) is 16.9 Å². The summed E-state index contributed by atoms with van der Waals surface area (Å²) in [5, 5.41) is 4.34. The van der Waals surface area contributed by atoms with Crippen molar-refractivity contribution in [1.29, 1.82) is 0 Å². The molecule has 21 heavy (non-hydrogen) atoms. The van der Waals surface area contributed by atoms with E-state index < -0.39 is 0 Å². The van der Waals surface area contributed by atoms with E-state index in [0.717, 1.165) is 15.6 Å². The Morgan fingerprint density at radius 2 is 2.05 bits per heavy atom. The molecule has 0 aliphatic heterocycles. The van der Waals surface area contributed by atoms with Crippen molar-refractivity contribution in [2.75, 3.05) is 0 Å². The summed E-state index contributed by atoms with van der Waals surface area (Å²) in [6.07, 6.45) is 1.70. The van der Waals surface area contributed by atoms with Crippen LogP contribution < -0.4 is 5.32 Å². The van der Waals surface area contributed by atoms with E-state index >= 15 is 0 Å². The van der Waals surface area contributed by atoms with Crippen LogP contribution in [0.4, 0.5) is 0 Å². The predicted molar refractivity (Wildman–Crippen MR) is 87.9 cm³/mol. The highest BCUT2D eigenvalue weighted by molar-refractivity contribution is 7.98. The van der Waals surface area contributed by atoms with Gasteiger partial charge in [-0.05, 0) is 37.6 Å². The molecule has 1 aromatic heterocycles. The summed E-state index contributed by atoms with van der Waals surface area (Å²) in [6, 6.07) is 11.4. The number of benzene rings is 1. The van der Waals surface area contributed by atoms with Gasteiger partial charge in [-0.3, -0.25) is 4.79 Å². The molecule has 0 aliphatic rings. The molecule has 2 rings (SSSR count). The third-order valence-electron chi connectivity index (χ3n) is 2.76. The van der Waals surface area contributed by atoms with E-state index in [1.165, 1.54) is 11.8 Å². The van der Waals surface area contributed by atoms with E-state index in [2.05, 4.69) is 10.3 Å². The van der Waals surface area contributed by atoms with Gasteiger partial charge >= 0.3 is 0 Å². The van der Waals surface area contributed by atoms with Gasteiger partial charge in [0.2, 0.25) is 0 Å². The molecule has 1 heterocycles. The van der Waals surface area contributed by atoms with E-state index in [1.54, 1.807) is 18.3 Å². The van der Waals surface area contributed by atoms with Crippen molar-refractivity contribution in [3.05, 3.63) is 58.7 Å². The molecule has 0 fully saturated rings. The van der Waals surface area contributed by atoms with Gasteiger partial charge in [0, 0.05) is 23.0 Å². The number of amides is 1. The number of thioether (sulfide) groups is 1. The van der Waals surface area contributed by atoms with E-state index in [0.29, 0.717) is 11.3 Å². The highest BCUT2D eigenvalue weighted by Crippen LogP contribution is 2.27. The van der Waals surface area contributed by atoms with Crippen molar-refractivity contribution in [1.82, 2.24) is 10.3 Å². The first kappa shape index (κ1) is 15.9. The van der Waals surface area contributed by atoms with Gasteiger partial charge in [-0.15, -0.1) is 11.8 Å². The van der Waals surface area contributed by atoms with Crippen LogP contribution in [0.25, 0.3) is 0 Å². The number of pyridine rings is 1.